The number of anilines is 2. The maximum absolute atomic E-state index is 12.8. The molecule has 1 saturated carbocycles. The molecule has 0 heterocycles. The summed E-state index contributed by atoms with van der Waals surface area (Å²) >= 11 is 0. The smallest absolute Gasteiger partial charge is 0.245 e. The number of hydrogen-bond acceptors (Lipinski definition) is 4. The molecule has 124 valence electrons. The summed E-state index contributed by atoms with van der Waals surface area (Å²) in [5, 5.41) is 3.42. The van der Waals surface area contributed by atoms with Gasteiger partial charge in [0.1, 0.15) is 4.90 Å². The molecule has 1 aliphatic rings. The van der Waals surface area contributed by atoms with E-state index in [9.17, 15) is 8.42 Å². The van der Waals surface area contributed by atoms with Crippen molar-refractivity contribution >= 4 is 21.4 Å². The van der Waals surface area contributed by atoms with Gasteiger partial charge in [0, 0.05) is 24.8 Å². The van der Waals surface area contributed by atoms with E-state index in [2.05, 4.69) is 5.32 Å². The van der Waals surface area contributed by atoms with Crippen molar-refractivity contribution in [1.29, 1.82) is 0 Å². The summed E-state index contributed by atoms with van der Waals surface area (Å²) < 4.78 is 27.1. The number of hydrogen-bond donors (Lipinski definition) is 2. The van der Waals surface area contributed by atoms with Crippen LogP contribution in [0.4, 0.5) is 11.4 Å². The first-order chi connectivity index (χ1) is 10.5. The summed E-state index contributed by atoms with van der Waals surface area (Å²) in [6.07, 6.45) is 5.85. The summed E-state index contributed by atoms with van der Waals surface area (Å²) in [6, 6.07) is 5.47. The molecular formula is C16H27N3O2S. The monoisotopic (exact) mass is 325 g/mol. The number of rotatable bonds is 6. The Labute approximate surface area is 133 Å². The van der Waals surface area contributed by atoms with E-state index in [1.54, 1.807) is 18.2 Å². The molecule has 0 unspecified atom stereocenters. The molecule has 2 rings (SSSR count). The topological polar surface area (TPSA) is 75.4 Å². The minimum atomic E-state index is -3.51. The van der Waals surface area contributed by atoms with Crippen molar-refractivity contribution in [2.45, 2.75) is 56.9 Å². The van der Waals surface area contributed by atoms with Crippen LogP contribution in [0.1, 0.15) is 46.0 Å². The largest absolute Gasteiger partial charge is 0.399 e. The molecule has 0 spiro atoms. The Bertz CT molecular complexity index is 591. The zero-order chi connectivity index (χ0) is 16.2. The molecule has 22 heavy (non-hydrogen) atoms. The molecule has 6 heteroatoms. The fourth-order valence-electron chi connectivity index (χ4n) is 3.04. The first kappa shape index (κ1) is 17.1. The Hall–Kier alpha value is -1.27. The summed E-state index contributed by atoms with van der Waals surface area (Å²) in [5.74, 6) is 0. The molecule has 5 nitrogen and oxygen atoms in total. The highest BCUT2D eigenvalue weighted by Crippen LogP contribution is 2.30. The van der Waals surface area contributed by atoms with Gasteiger partial charge in [-0.3, -0.25) is 0 Å². The van der Waals surface area contributed by atoms with Crippen molar-refractivity contribution in [3.05, 3.63) is 18.2 Å². The first-order valence-electron chi connectivity index (χ1n) is 8.15. The third-order valence-electron chi connectivity index (χ3n) is 4.29. The molecule has 0 radical (unpaired) electrons. The van der Waals surface area contributed by atoms with E-state index in [1.807, 2.05) is 13.8 Å². The molecular weight excluding hydrogens is 298 g/mol. The highest BCUT2D eigenvalue weighted by atomic mass is 32.2. The maximum atomic E-state index is 12.8. The predicted octanol–water partition coefficient (Wildman–Crippen LogP) is 3.04. The summed E-state index contributed by atoms with van der Waals surface area (Å²) in [6.45, 7) is 4.61. The Morgan fingerprint density at radius 3 is 2.41 bits per heavy atom. The van der Waals surface area contributed by atoms with Crippen molar-refractivity contribution in [2.75, 3.05) is 24.1 Å². The van der Waals surface area contributed by atoms with Gasteiger partial charge in [-0.05, 0) is 31.0 Å². The minimum Gasteiger partial charge on any atom is -0.399 e. The van der Waals surface area contributed by atoms with Gasteiger partial charge in [-0.25, -0.2) is 8.42 Å². The SMILES string of the molecule is CCN(CC)S(=O)(=O)c1cc(N)ccc1NC1CCCCC1. The second kappa shape index (κ2) is 7.33. The molecule has 1 aliphatic carbocycles. The van der Waals surface area contributed by atoms with Crippen molar-refractivity contribution < 1.29 is 8.42 Å². The van der Waals surface area contributed by atoms with E-state index in [1.165, 1.54) is 23.6 Å². The Balaban J connectivity index is 2.35. The predicted molar refractivity (Wildman–Crippen MR) is 91.5 cm³/mol. The third kappa shape index (κ3) is 3.73. The molecule has 3 N–H and O–H groups in total. The average molecular weight is 325 g/mol. The molecule has 1 aromatic rings. The standard InChI is InChI=1S/C16H27N3O2S/c1-3-19(4-2)22(20,21)16-12-13(17)10-11-15(16)18-14-8-6-5-7-9-14/h10-12,14,18H,3-9,17H2,1-2H3. The van der Waals surface area contributed by atoms with E-state index >= 15 is 0 Å². The van der Waals surface area contributed by atoms with E-state index in [-0.39, 0.29) is 0 Å². The van der Waals surface area contributed by atoms with Gasteiger partial charge >= 0.3 is 0 Å². The average Bonchev–Trinajstić information content (AvgIpc) is 2.51. The molecule has 0 amide bonds. The second-order valence-corrected chi connectivity index (χ2v) is 7.73. The van der Waals surface area contributed by atoms with Gasteiger partial charge in [0.25, 0.3) is 0 Å². The lowest BCUT2D eigenvalue weighted by Gasteiger charge is -2.26. The van der Waals surface area contributed by atoms with E-state index in [0.717, 1.165) is 12.8 Å². The fraction of sp³-hybridized carbons (Fsp3) is 0.625. The number of nitrogens with two attached hydrogens (primary N) is 1. The molecule has 0 aliphatic heterocycles. The van der Waals surface area contributed by atoms with E-state index in [0.29, 0.717) is 35.4 Å². The second-order valence-electron chi connectivity index (χ2n) is 5.82. The quantitative estimate of drug-likeness (QED) is 0.788. The first-order valence-corrected chi connectivity index (χ1v) is 9.59. The summed E-state index contributed by atoms with van der Waals surface area (Å²) in [4.78, 5) is 0.293. The van der Waals surface area contributed by atoms with E-state index < -0.39 is 10.0 Å². The van der Waals surface area contributed by atoms with Gasteiger partial charge in [0.05, 0.1) is 5.69 Å². The van der Waals surface area contributed by atoms with Crippen LogP contribution in [0.15, 0.2) is 23.1 Å². The van der Waals surface area contributed by atoms with Crippen LogP contribution in [0, 0.1) is 0 Å². The van der Waals surface area contributed by atoms with Crippen molar-refractivity contribution in [1.82, 2.24) is 4.31 Å². The molecule has 0 aromatic heterocycles. The zero-order valence-electron chi connectivity index (χ0n) is 13.5. The van der Waals surface area contributed by atoms with Crippen LogP contribution in [-0.2, 0) is 10.0 Å². The number of nitrogens with one attached hydrogen (secondary N) is 1. The van der Waals surface area contributed by atoms with Gasteiger partial charge in [-0.2, -0.15) is 4.31 Å². The number of nitrogen functional groups attached to an aromatic ring is 1. The zero-order valence-corrected chi connectivity index (χ0v) is 14.3. The van der Waals surface area contributed by atoms with Crippen LogP contribution in [0.2, 0.25) is 0 Å². The maximum Gasteiger partial charge on any atom is 0.245 e. The lowest BCUT2D eigenvalue weighted by molar-refractivity contribution is 0.444. The summed E-state index contributed by atoms with van der Waals surface area (Å²) in [7, 11) is -3.51. The van der Waals surface area contributed by atoms with Gasteiger partial charge in [-0.15, -0.1) is 0 Å². The highest BCUT2D eigenvalue weighted by Gasteiger charge is 2.26. The van der Waals surface area contributed by atoms with Crippen LogP contribution in [0.25, 0.3) is 0 Å². The van der Waals surface area contributed by atoms with Crippen molar-refractivity contribution in [3.63, 3.8) is 0 Å². The number of sulfonamides is 1. The van der Waals surface area contributed by atoms with Crippen LogP contribution in [0.3, 0.4) is 0 Å². The van der Waals surface area contributed by atoms with Crippen LogP contribution in [0.5, 0.6) is 0 Å². The molecule has 0 atom stereocenters. The van der Waals surface area contributed by atoms with Gasteiger partial charge < -0.3 is 11.1 Å². The van der Waals surface area contributed by atoms with Crippen LogP contribution < -0.4 is 11.1 Å². The highest BCUT2D eigenvalue weighted by molar-refractivity contribution is 7.89. The van der Waals surface area contributed by atoms with Gasteiger partial charge in [-0.1, -0.05) is 33.1 Å². The van der Waals surface area contributed by atoms with Crippen molar-refractivity contribution in [3.8, 4) is 0 Å². The van der Waals surface area contributed by atoms with E-state index in [4.69, 9.17) is 5.73 Å². The van der Waals surface area contributed by atoms with Crippen LogP contribution >= 0.6 is 0 Å². The normalized spacial score (nSPS) is 16.9. The number of benzene rings is 1. The molecule has 0 saturated heterocycles. The Kier molecular flexibility index (Phi) is 5.69. The summed E-state index contributed by atoms with van der Waals surface area (Å²) in [5.41, 5.74) is 6.98. The fourth-order valence-corrected chi connectivity index (χ4v) is 4.69. The lowest BCUT2D eigenvalue weighted by Crippen LogP contribution is -2.32. The Morgan fingerprint density at radius 1 is 1.18 bits per heavy atom. The van der Waals surface area contributed by atoms with Crippen molar-refractivity contribution in [2.24, 2.45) is 0 Å². The van der Waals surface area contributed by atoms with Gasteiger partial charge in [0.2, 0.25) is 10.0 Å². The third-order valence-corrected chi connectivity index (χ3v) is 6.38. The molecule has 1 aromatic carbocycles. The molecule has 1 fully saturated rings. The minimum absolute atomic E-state index is 0.293. The van der Waals surface area contributed by atoms with Gasteiger partial charge in [0.15, 0.2) is 0 Å². The lowest BCUT2D eigenvalue weighted by atomic mass is 9.95. The number of nitrogens with zero attached hydrogens (tertiary/aromatic N) is 1. The Morgan fingerprint density at radius 2 is 1.82 bits per heavy atom. The van der Waals surface area contributed by atoms with Crippen LogP contribution in [-0.4, -0.2) is 31.9 Å². The molecule has 0 bridgehead atoms.